The second-order valence-corrected chi connectivity index (χ2v) is 8.57. The molecule has 1 unspecified atom stereocenters. The van der Waals surface area contributed by atoms with Gasteiger partial charge in [0, 0.05) is 11.9 Å². The van der Waals surface area contributed by atoms with Crippen LogP contribution in [0.15, 0.2) is 52.6 Å². The van der Waals surface area contributed by atoms with Crippen LogP contribution < -0.4 is 5.32 Å². The van der Waals surface area contributed by atoms with Crippen molar-refractivity contribution in [2.24, 2.45) is 0 Å². The molecule has 0 aliphatic heterocycles. The van der Waals surface area contributed by atoms with Crippen LogP contribution in [0.4, 0.5) is 19.0 Å². The monoisotopic (exact) mass is 456 g/mol. The molecule has 1 atom stereocenters. The van der Waals surface area contributed by atoms with Crippen molar-refractivity contribution in [3.8, 4) is 0 Å². The Morgan fingerprint density at radius 3 is 2.32 bits per heavy atom. The molecule has 4 nitrogen and oxygen atoms in total. The van der Waals surface area contributed by atoms with Gasteiger partial charge in [0.05, 0.1) is 5.56 Å². The summed E-state index contributed by atoms with van der Waals surface area (Å²) in [6, 6.07) is 1.05. The Hall–Kier alpha value is -2.22. The van der Waals surface area contributed by atoms with Gasteiger partial charge in [0.1, 0.15) is 11.9 Å². The van der Waals surface area contributed by atoms with Gasteiger partial charge in [-0.1, -0.05) is 28.9 Å². The van der Waals surface area contributed by atoms with Gasteiger partial charge in [-0.2, -0.15) is 13.2 Å². The Kier molecular flexibility index (Phi) is 11.5. The Balaban J connectivity index is 2.49. The molecule has 0 aliphatic rings. The van der Waals surface area contributed by atoms with E-state index in [-0.39, 0.29) is 11.6 Å². The summed E-state index contributed by atoms with van der Waals surface area (Å²) in [6.45, 7) is 8.32. The third-order valence-corrected chi connectivity index (χ3v) is 5.48. The van der Waals surface area contributed by atoms with E-state index in [1.165, 1.54) is 22.9 Å². The van der Waals surface area contributed by atoms with Crippen molar-refractivity contribution in [2.75, 3.05) is 11.1 Å². The number of hydrogen-bond acceptors (Lipinski definition) is 4. The third-order valence-electron chi connectivity index (χ3n) is 4.38. The number of hydrogen-bond donors (Lipinski definition) is 2. The first-order valence-electron chi connectivity index (χ1n) is 10.1. The maximum absolute atomic E-state index is 12.6. The quantitative estimate of drug-likeness (QED) is 0.329. The van der Waals surface area contributed by atoms with Crippen molar-refractivity contribution in [1.82, 2.24) is 4.98 Å². The fourth-order valence-corrected chi connectivity index (χ4v) is 3.50. The van der Waals surface area contributed by atoms with Crippen LogP contribution >= 0.6 is 11.8 Å². The van der Waals surface area contributed by atoms with Gasteiger partial charge in [0.25, 0.3) is 0 Å². The van der Waals surface area contributed by atoms with E-state index in [0.717, 1.165) is 43.4 Å². The van der Waals surface area contributed by atoms with Crippen molar-refractivity contribution in [1.29, 1.82) is 0 Å². The molecule has 0 bridgehead atoms. The minimum absolute atomic E-state index is 0.0930. The van der Waals surface area contributed by atoms with Crippen molar-refractivity contribution < 1.29 is 23.1 Å². The van der Waals surface area contributed by atoms with E-state index >= 15 is 0 Å². The molecule has 0 aliphatic carbocycles. The van der Waals surface area contributed by atoms with E-state index in [9.17, 15) is 23.1 Å². The molecule has 0 radical (unpaired) electrons. The molecule has 1 rings (SSSR count). The molecule has 31 heavy (non-hydrogen) atoms. The average Bonchev–Trinajstić information content (AvgIpc) is 2.66. The number of carbonyl (C=O) groups is 1. The molecule has 0 aromatic carbocycles. The molecule has 172 valence electrons. The molecule has 1 aromatic heterocycles. The second kappa shape index (κ2) is 13.2. The van der Waals surface area contributed by atoms with Gasteiger partial charge in [-0.3, -0.25) is 0 Å². The number of pyridine rings is 1. The molecule has 1 heterocycles. The number of aromatic nitrogens is 1. The summed E-state index contributed by atoms with van der Waals surface area (Å²) in [5, 5.41) is 14.0. The van der Waals surface area contributed by atoms with E-state index in [0.29, 0.717) is 6.20 Å². The van der Waals surface area contributed by atoms with Crippen LogP contribution in [-0.4, -0.2) is 27.9 Å². The fraction of sp³-hybridized carbons (Fsp3) is 0.478. The predicted molar refractivity (Wildman–Crippen MR) is 122 cm³/mol. The Morgan fingerprint density at radius 1 is 1.13 bits per heavy atom. The highest BCUT2D eigenvalue weighted by Gasteiger charge is 2.30. The van der Waals surface area contributed by atoms with E-state index in [2.05, 4.69) is 43.2 Å². The lowest BCUT2D eigenvalue weighted by Crippen LogP contribution is -2.32. The van der Waals surface area contributed by atoms with Crippen LogP contribution in [-0.2, 0) is 11.0 Å². The molecule has 2 N–H and O–H groups in total. The number of aliphatic carboxylic acids is 1. The third kappa shape index (κ3) is 11.7. The number of anilines is 1. The van der Waals surface area contributed by atoms with Crippen molar-refractivity contribution >= 4 is 23.5 Å². The molecular weight excluding hydrogens is 425 g/mol. The minimum atomic E-state index is -4.48. The first-order valence-corrected chi connectivity index (χ1v) is 11.1. The molecule has 0 saturated heterocycles. The average molecular weight is 457 g/mol. The van der Waals surface area contributed by atoms with Crippen LogP contribution in [0.3, 0.4) is 0 Å². The standard InChI is InChI=1S/C23H31F3N2O2S/c1-16(2)7-5-8-17(3)9-6-10-18(4)14-31-15-20(22(29)30)28-21-12-11-19(13-27-21)23(24,25)26/h7,9,11-14,20H,5-6,8,10,15H2,1-4H3,(H,27,28)(H,29,30). The number of halogens is 3. The van der Waals surface area contributed by atoms with Crippen molar-refractivity contribution in [2.45, 2.75) is 65.6 Å². The normalized spacial score (nSPS) is 13.6. The van der Waals surface area contributed by atoms with Crippen LogP contribution in [0.5, 0.6) is 0 Å². The summed E-state index contributed by atoms with van der Waals surface area (Å²) in [4.78, 5) is 15.1. The SMILES string of the molecule is CC(C)=CCCC(C)=CCCC(C)=CSCC(Nc1ccc(C(F)(F)F)cn1)C(=O)O. The molecule has 1 aromatic rings. The van der Waals surface area contributed by atoms with E-state index in [1.54, 1.807) is 0 Å². The van der Waals surface area contributed by atoms with Gasteiger partial charge in [-0.15, -0.1) is 11.8 Å². The summed E-state index contributed by atoms with van der Waals surface area (Å²) < 4.78 is 37.8. The lowest BCUT2D eigenvalue weighted by Gasteiger charge is -2.14. The maximum Gasteiger partial charge on any atom is 0.417 e. The van der Waals surface area contributed by atoms with Crippen molar-refractivity contribution in [3.05, 3.63) is 58.2 Å². The second-order valence-electron chi connectivity index (χ2n) is 7.67. The molecule has 0 spiro atoms. The Morgan fingerprint density at radius 2 is 1.77 bits per heavy atom. The van der Waals surface area contributed by atoms with Crippen molar-refractivity contribution in [3.63, 3.8) is 0 Å². The summed E-state index contributed by atoms with van der Waals surface area (Å²) >= 11 is 1.36. The zero-order valence-corrected chi connectivity index (χ0v) is 19.2. The topological polar surface area (TPSA) is 62.2 Å². The highest BCUT2D eigenvalue weighted by atomic mass is 32.2. The number of thioether (sulfide) groups is 1. The predicted octanol–water partition coefficient (Wildman–Crippen LogP) is 7.08. The molecular formula is C23H31F3N2O2S. The summed E-state index contributed by atoms with van der Waals surface area (Å²) in [5.41, 5.74) is 2.96. The Labute approximate surface area is 186 Å². The number of rotatable bonds is 12. The molecule has 8 heteroatoms. The van der Waals surface area contributed by atoms with Gasteiger partial charge in [0.15, 0.2) is 0 Å². The van der Waals surface area contributed by atoms with Gasteiger partial charge < -0.3 is 10.4 Å². The first-order chi connectivity index (χ1) is 14.5. The highest BCUT2D eigenvalue weighted by molar-refractivity contribution is 8.02. The smallest absolute Gasteiger partial charge is 0.417 e. The van der Waals surface area contributed by atoms with Gasteiger partial charge >= 0.3 is 12.1 Å². The summed E-state index contributed by atoms with van der Waals surface area (Å²) in [6.07, 6.45) is 4.59. The van der Waals surface area contributed by atoms with Gasteiger partial charge in [-0.25, -0.2) is 9.78 Å². The lowest BCUT2D eigenvalue weighted by atomic mass is 10.1. The molecule has 0 amide bonds. The zero-order valence-electron chi connectivity index (χ0n) is 18.4. The van der Waals surface area contributed by atoms with E-state index in [4.69, 9.17) is 0 Å². The minimum Gasteiger partial charge on any atom is -0.480 e. The van der Waals surface area contributed by atoms with E-state index in [1.807, 2.05) is 12.3 Å². The number of nitrogens with zero attached hydrogens (tertiary/aromatic N) is 1. The molecule has 0 fully saturated rings. The fourth-order valence-electron chi connectivity index (χ4n) is 2.58. The number of carboxylic acids is 1. The van der Waals surface area contributed by atoms with Crippen LogP contribution in [0, 0.1) is 0 Å². The summed E-state index contributed by atoms with van der Waals surface area (Å²) in [5.74, 6) is -0.766. The van der Waals surface area contributed by atoms with Crippen LogP contribution in [0.2, 0.25) is 0 Å². The Bertz CT molecular complexity index is 796. The summed E-state index contributed by atoms with van der Waals surface area (Å²) in [7, 11) is 0. The molecule has 0 saturated carbocycles. The van der Waals surface area contributed by atoms with E-state index < -0.39 is 23.8 Å². The number of alkyl halides is 3. The van der Waals surface area contributed by atoms with Crippen LogP contribution in [0.25, 0.3) is 0 Å². The largest absolute Gasteiger partial charge is 0.480 e. The lowest BCUT2D eigenvalue weighted by molar-refractivity contribution is -0.138. The highest BCUT2D eigenvalue weighted by Crippen LogP contribution is 2.29. The van der Waals surface area contributed by atoms with Gasteiger partial charge in [-0.05, 0) is 70.9 Å². The number of allylic oxidation sites excluding steroid dienone is 5. The maximum atomic E-state index is 12.6. The zero-order chi connectivity index (χ0) is 23.4. The van der Waals surface area contributed by atoms with Crippen LogP contribution in [0.1, 0.15) is 58.9 Å². The number of carboxylic acid groups (broad SMARTS) is 1. The first kappa shape index (κ1) is 26.8. The number of nitrogens with one attached hydrogen (secondary N) is 1. The van der Waals surface area contributed by atoms with Gasteiger partial charge in [0.2, 0.25) is 0 Å².